The number of imidazole rings is 1. The van der Waals surface area contributed by atoms with Gasteiger partial charge in [0.25, 0.3) is 0 Å². The predicted octanol–water partition coefficient (Wildman–Crippen LogP) is 2.61. The Morgan fingerprint density at radius 2 is 2.04 bits per heavy atom. The molecule has 1 heterocycles. The number of amides is 2. The number of carboxylic acids is 1. The molecule has 0 radical (unpaired) electrons. The number of fused-ring (bicyclic) bond motifs is 1. The molecule has 1 aromatic carbocycles. The number of aromatic nitrogens is 2. The molecule has 1 unspecified atom stereocenters. The van der Waals surface area contributed by atoms with Gasteiger partial charge in [-0.2, -0.15) is 8.78 Å². The molecule has 0 aliphatic carbocycles. The first-order valence-corrected chi connectivity index (χ1v) is 7.29. The minimum atomic E-state index is -2.79. The first-order chi connectivity index (χ1) is 11.3. The highest BCUT2D eigenvalue weighted by Gasteiger charge is 2.23. The van der Waals surface area contributed by atoms with Crippen LogP contribution in [0.25, 0.3) is 11.0 Å². The predicted molar refractivity (Wildman–Crippen MR) is 82.8 cm³/mol. The summed E-state index contributed by atoms with van der Waals surface area (Å²) in [5.74, 6) is -0.992. The first-order valence-electron chi connectivity index (χ1n) is 7.29. The highest BCUT2D eigenvalue weighted by molar-refractivity contribution is 5.77. The summed E-state index contributed by atoms with van der Waals surface area (Å²) < 4.78 is 27.6. The van der Waals surface area contributed by atoms with E-state index in [-0.39, 0.29) is 24.3 Å². The zero-order chi connectivity index (χ0) is 17.9. The van der Waals surface area contributed by atoms with E-state index in [1.807, 2.05) is 0 Å². The number of carboxylic acid groups (broad SMARTS) is 1. The molecule has 130 valence electrons. The number of alkyl halides is 2. The number of para-hydroxylation sites is 2. The van der Waals surface area contributed by atoms with Crippen molar-refractivity contribution in [1.82, 2.24) is 19.8 Å². The SMILES string of the molecule is CC(NC(=O)N(C)CCC(=O)O)c1nc2ccccc2n1C(F)F. The average molecular weight is 340 g/mol. The Hall–Kier alpha value is -2.71. The number of nitrogens with zero attached hydrogens (tertiary/aromatic N) is 3. The van der Waals surface area contributed by atoms with Crippen molar-refractivity contribution < 1.29 is 23.5 Å². The van der Waals surface area contributed by atoms with Crippen LogP contribution in [0.2, 0.25) is 0 Å². The molecule has 0 spiro atoms. The third kappa shape index (κ3) is 3.79. The maximum Gasteiger partial charge on any atom is 0.320 e. The standard InChI is InChI=1S/C15H18F2N4O3/c1-9(18-15(24)20(2)8-7-12(22)23)13-19-10-5-3-4-6-11(10)21(13)14(16)17/h3-6,9,14H,7-8H2,1-2H3,(H,18,24)(H,22,23). The molecule has 0 saturated carbocycles. The molecule has 2 amide bonds. The van der Waals surface area contributed by atoms with Crippen LogP contribution in [0.5, 0.6) is 0 Å². The maximum absolute atomic E-state index is 13.4. The number of carbonyl (C=O) groups is 2. The Balaban J connectivity index is 2.19. The lowest BCUT2D eigenvalue weighted by Crippen LogP contribution is -2.40. The van der Waals surface area contributed by atoms with Gasteiger partial charge in [-0.3, -0.25) is 9.36 Å². The van der Waals surface area contributed by atoms with Gasteiger partial charge in [-0.15, -0.1) is 0 Å². The molecule has 0 fully saturated rings. The topological polar surface area (TPSA) is 87.5 Å². The zero-order valence-electron chi connectivity index (χ0n) is 13.2. The molecular formula is C15H18F2N4O3. The number of rotatable bonds is 6. The number of hydrogen-bond donors (Lipinski definition) is 2. The highest BCUT2D eigenvalue weighted by atomic mass is 19.3. The van der Waals surface area contributed by atoms with E-state index >= 15 is 0 Å². The summed E-state index contributed by atoms with van der Waals surface area (Å²) >= 11 is 0. The fraction of sp³-hybridized carbons (Fsp3) is 0.400. The second-order valence-corrected chi connectivity index (χ2v) is 5.34. The van der Waals surface area contributed by atoms with Crippen LogP contribution in [0.15, 0.2) is 24.3 Å². The number of carbonyl (C=O) groups excluding carboxylic acids is 1. The fourth-order valence-electron chi connectivity index (χ4n) is 2.30. The first kappa shape index (κ1) is 17.6. The van der Waals surface area contributed by atoms with Gasteiger partial charge in [0, 0.05) is 13.6 Å². The Kier molecular flexibility index (Phi) is 5.32. The van der Waals surface area contributed by atoms with Gasteiger partial charge in [0.1, 0.15) is 5.82 Å². The Bertz CT molecular complexity index is 747. The molecule has 0 bridgehead atoms. The Morgan fingerprint density at radius 3 is 2.67 bits per heavy atom. The van der Waals surface area contributed by atoms with Gasteiger partial charge in [0.15, 0.2) is 0 Å². The number of urea groups is 1. The minimum absolute atomic E-state index is 0.0130. The normalized spacial score (nSPS) is 12.4. The summed E-state index contributed by atoms with van der Waals surface area (Å²) in [5, 5.41) is 11.2. The number of halogens is 2. The van der Waals surface area contributed by atoms with Gasteiger partial charge in [-0.05, 0) is 19.1 Å². The lowest BCUT2D eigenvalue weighted by Gasteiger charge is -2.21. The number of nitrogens with one attached hydrogen (secondary N) is 1. The van der Waals surface area contributed by atoms with E-state index in [4.69, 9.17) is 5.11 Å². The molecule has 0 aliphatic heterocycles. The quantitative estimate of drug-likeness (QED) is 0.846. The van der Waals surface area contributed by atoms with Crippen molar-refractivity contribution in [2.75, 3.05) is 13.6 Å². The fourth-order valence-corrected chi connectivity index (χ4v) is 2.30. The summed E-state index contributed by atoms with van der Waals surface area (Å²) in [4.78, 5) is 27.9. The minimum Gasteiger partial charge on any atom is -0.481 e. The van der Waals surface area contributed by atoms with Gasteiger partial charge in [0.2, 0.25) is 0 Å². The van der Waals surface area contributed by atoms with Crippen LogP contribution in [0.3, 0.4) is 0 Å². The third-order valence-corrected chi connectivity index (χ3v) is 3.55. The van der Waals surface area contributed by atoms with E-state index in [0.29, 0.717) is 5.52 Å². The van der Waals surface area contributed by atoms with E-state index in [1.165, 1.54) is 18.0 Å². The number of hydrogen-bond acceptors (Lipinski definition) is 3. The summed E-state index contributed by atoms with van der Waals surface area (Å²) in [6.45, 7) is -1.24. The Labute approximate surface area is 136 Å². The summed E-state index contributed by atoms with van der Waals surface area (Å²) in [6, 6.07) is 5.15. The molecule has 0 aliphatic rings. The molecule has 9 heteroatoms. The molecule has 2 rings (SSSR count). The molecule has 1 atom stereocenters. The van der Waals surface area contributed by atoms with Crippen LogP contribution in [0.1, 0.15) is 31.8 Å². The van der Waals surface area contributed by atoms with Gasteiger partial charge in [-0.25, -0.2) is 9.78 Å². The van der Waals surface area contributed by atoms with Gasteiger partial charge >= 0.3 is 18.5 Å². The lowest BCUT2D eigenvalue weighted by atomic mass is 10.3. The van der Waals surface area contributed by atoms with E-state index in [9.17, 15) is 18.4 Å². The van der Waals surface area contributed by atoms with Crippen LogP contribution in [-0.2, 0) is 4.79 Å². The smallest absolute Gasteiger partial charge is 0.320 e. The van der Waals surface area contributed by atoms with Crippen molar-refractivity contribution in [3.05, 3.63) is 30.1 Å². The zero-order valence-corrected chi connectivity index (χ0v) is 13.2. The van der Waals surface area contributed by atoms with E-state index in [0.717, 1.165) is 4.57 Å². The van der Waals surface area contributed by atoms with Crippen molar-refractivity contribution in [3.63, 3.8) is 0 Å². The largest absolute Gasteiger partial charge is 0.481 e. The van der Waals surface area contributed by atoms with Gasteiger partial charge < -0.3 is 15.3 Å². The molecule has 0 saturated heterocycles. The third-order valence-electron chi connectivity index (χ3n) is 3.55. The van der Waals surface area contributed by atoms with Crippen molar-refractivity contribution in [2.45, 2.75) is 25.9 Å². The molecule has 2 aromatic rings. The molecule has 1 aromatic heterocycles. The van der Waals surface area contributed by atoms with Crippen molar-refractivity contribution in [2.24, 2.45) is 0 Å². The second kappa shape index (κ2) is 7.24. The van der Waals surface area contributed by atoms with Gasteiger partial charge in [0.05, 0.1) is 23.5 Å². The summed E-state index contributed by atoms with van der Waals surface area (Å²) in [6.07, 6.45) is -0.201. The average Bonchev–Trinajstić information content (AvgIpc) is 2.92. The molecule has 24 heavy (non-hydrogen) atoms. The van der Waals surface area contributed by atoms with Crippen LogP contribution >= 0.6 is 0 Å². The monoisotopic (exact) mass is 340 g/mol. The van der Waals surface area contributed by atoms with Crippen LogP contribution in [0.4, 0.5) is 13.6 Å². The second-order valence-electron chi connectivity index (χ2n) is 5.34. The number of benzene rings is 1. The maximum atomic E-state index is 13.4. The van der Waals surface area contributed by atoms with Crippen LogP contribution in [0, 0.1) is 0 Å². The van der Waals surface area contributed by atoms with Crippen molar-refractivity contribution >= 4 is 23.0 Å². The molecular weight excluding hydrogens is 322 g/mol. The lowest BCUT2D eigenvalue weighted by molar-refractivity contribution is -0.137. The van der Waals surface area contributed by atoms with Crippen molar-refractivity contribution in [1.29, 1.82) is 0 Å². The number of aliphatic carboxylic acids is 1. The van der Waals surface area contributed by atoms with Crippen molar-refractivity contribution in [3.8, 4) is 0 Å². The highest BCUT2D eigenvalue weighted by Crippen LogP contribution is 2.26. The summed E-state index contributed by atoms with van der Waals surface area (Å²) in [5.41, 5.74) is 0.691. The van der Waals surface area contributed by atoms with Gasteiger partial charge in [-0.1, -0.05) is 12.1 Å². The van der Waals surface area contributed by atoms with Crippen LogP contribution < -0.4 is 5.32 Å². The van der Waals surface area contributed by atoms with E-state index in [2.05, 4.69) is 10.3 Å². The van der Waals surface area contributed by atoms with E-state index < -0.39 is 24.6 Å². The Morgan fingerprint density at radius 1 is 1.38 bits per heavy atom. The van der Waals surface area contributed by atoms with E-state index in [1.54, 1.807) is 25.1 Å². The molecule has 7 nitrogen and oxygen atoms in total. The van der Waals surface area contributed by atoms with Crippen LogP contribution in [-0.4, -0.2) is 45.2 Å². The molecule has 2 N–H and O–H groups in total. The summed E-state index contributed by atoms with van der Waals surface area (Å²) in [7, 11) is 1.43.